The molecule has 76 valence electrons. The first-order chi connectivity index (χ1) is 6.25. The molecule has 1 heterocycles. The van der Waals surface area contributed by atoms with E-state index in [0.717, 1.165) is 19.5 Å². The van der Waals surface area contributed by atoms with E-state index < -0.39 is 0 Å². The summed E-state index contributed by atoms with van der Waals surface area (Å²) in [5.41, 5.74) is 0. The molecule has 1 aliphatic rings. The van der Waals surface area contributed by atoms with Crippen LogP contribution in [0.5, 0.6) is 0 Å². The maximum Gasteiger partial charge on any atom is 0.236 e. The number of alkyl halides is 1. The Morgan fingerprint density at radius 3 is 2.31 bits per heavy atom. The zero-order valence-corrected chi connectivity index (χ0v) is 9.85. The molecule has 0 aliphatic carbocycles. The number of halogens is 1. The van der Waals surface area contributed by atoms with E-state index in [1.807, 2.05) is 11.8 Å². The third kappa shape index (κ3) is 3.29. The Morgan fingerprint density at radius 1 is 1.31 bits per heavy atom. The zero-order chi connectivity index (χ0) is 9.68. The fourth-order valence-corrected chi connectivity index (χ4v) is 1.95. The standard InChI is InChI=1S/C10H18BrNO/c1-2-9(11)10(13)12-7-5-3-4-6-8-12/h9H,2-8H2,1H3/t9-/m0/s1. The molecule has 0 saturated carbocycles. The third-order valence-corrected chi connectivity index (χ3v) is 3.58. The minimum absolute atomic E-state index is 0.0330. The van der Waals surface area contributed by atoms with Crippen molar-refractivity contribution in [2.45, 2.75) is 43.9 Å². The molecule has 0 unspecified atom stereocenters. The summed E-state index contributed by atoms with van der Waals surface area (Å²) >= 11 is 3.41. The van der Waals surface area contributed by atoms with Crippen LogP contribution in [0.1, 0.15) is 39.0 Å². The average molecular weight is 248 g/mol. The molecule has 1 saturated heterocycles. The van der Waals surface area contributed by atoms with E-state index in [-0.39, 0.29) is 10.7 Å². The maximum absolute atomic E-state index is 11.8. The number of hydrogen-bond acceptors (Lipinski definition) is 1. The molecule has 0 aromatic heterocycles. The van der Waals surface area contributed by atoms with Gasteiger partial charge in [0.15, 0.2) is 0 Å². The first kappa shape index (κ1) is 11.0. The van der Waals surface area contributed by atoms with Crippen molar-refractivity contribution < 1.29 is 4.79 Å². The fraction of sp³-hybridized carbons (Fsp3) is 0.900. The molecule has 0 bridgehead atoms. The molecule has 1 rings (SSSR count). The van der Waals surface area contributed by atoms with Crippen molar-refractivity contribution >= 4 is 21.8 Å². The van der Waals surface area contributed by atoms with E-state index in [0.29, 0.717) is 0 Å². The second kappa shape index (κ2) is 5.63. The molecule has 1 aliphatic heterocycles. The number of carbonyl (C=O) groups excluding carboxylic acids is 1. The lowest BCUT2D eigenvalue weighted by molar-refractivity contribution is -0.130. The Labute approximate surface area is 88.8 Å². The lowest BCUT2D eigenvalue weighted by atomic mass is 10.2. The Balaban J connectivity index is 2.43. The Hall–Kier alpha value is -0.0500. The molecular weight excluding hydrogens is 230 g/mol. The average Bonchev–Trinajstić information content (AvgIpc) is 2.43. The van der Waals surface area contributed by atoms with Gasteiger partial charge in [0.25, 0.3) is 0 Å². The molecular formula is C10H18BrNO. The lowest BCUT2D eigenvalue weighted by Crippen LogP contribution is -2.37. The molecule has 0 spiro atoms. The summed E-state index contributed by atoms with van der Waals surface area (Å²) in [6.45, 7) is 3.96. The maximum atomic E-state index is 11.8. The first-order valence-electron chi connectivity index (χ1n) is 5.18. The van der Waals surface area contributed by atoms with Gasteiger partial charge in [0, 0.05) is 13.1 Å². The summed E-state index contributed by atoms with van der Waals surface area (Å²) < 4.78 is 0. The largest absolute Gasteiger partial charge is 0.342 e. The van der Waals surface area contributed by atoms with E-state index in [4.69, 9.17) is 0 Å². The molecule has 0 N–H and O–H groups in total. The van der Waals surface area contributed by atoms with Crippen LogP contribution in [0.2, 0.25) is 0 Å². The van der Waals surface area contributed by atoms with Gasteiger partial charge in [0.1, 0.15) is 0 Å². The summed E-state index contributed by atoms with van der Waals surface area (Å²) in [6.07, 6.45) is 5.80. The van der Waals surface area contributed by atoms with Gasteiger partial charge < -0.3 is 4.90 Å². The predicted molar refractivity (Wildman–Crippen MR) is 58.1 cm³/mol. The molecule has 0 aromatic carbocycles. The number of likely N-dealkylation sites (tertiary alicyclic amines) is 1. The molecule has 2 nitrogen and oxygen atoms in total. The lowest BCUT2D eigenvalue weighted by Gasteiger charge is -2.22. The van der Waals surface area contributed by atoms with Crippen molar-refractivity contribution in [3.8, 4) is 0 Å². The van der Waals surface area contributed by atoms with Crippen LogP contribution in [0.3, 0.4) is 0 Å². The normalized spacial score (nSPS) is 20.9. The third-order valence-electron chi connectivity index (χ3n) is 2.54. The van der Waals surface area contributed by atoms with Crippen molar-refractivity contribution in [3.05, 3.63) is 0 Å². The summed E-state index contributed by atoms with van der Waals surface area (Å²) in [6, 6.07) is 0. The highest BCUT2D eigenvalue weighted by Gasteiger charge is 2.20. The zero-order valence-electron chi connectivity index (χ0n) is 8.26. The van der Waals surface area contributed by atoms with Gasteiger partial charge in [-0.1, -0.05) is 35.7 Å². The quantitative estimate of drug-likeness (QED) is 0.688. The minimum Gasteiger partial charge on any atom is -0.342 e. The van der Waals surface area contributed by atoms with Crippen molar-refractivity contribution in [1.82, 2.24) is 4.90 Å². The van der Waals surface area contributed by atoms with Crippen LogP contribution in [0.25, 0.3) is 0 Å². The van der Waals surface area contributed by atoms with Gasteiger partial charge in [-0.2, -0.15) is 0 Å². The van der Waals surface area contributed by atoms with Crippen LogP contribution in [0.4, 0.5) is 0 Å². The second-order valence-electron chi connectivity index (χ2n) is 3.62. The molecule has 13 heavy (non-hydrogen) atoms. The number of amides is 1. The highest BCUT2D eigenvalue weighted by atomic mass is 79.9. The minimum atomic E-state index is 0.0330. The van der Waals surface area contributed by atoms with Crippen molar-refractivity contribution in [3.63, 3.8) is 0 Å². The Bertz CT molecular complexity index is 164. The van der Waals surface area contributed by atoms with Gasteiger partial charge >= 0.3 is 0 Å². The van der Waals surface area contributed by atoms with E-state index in [2.05, 4.69) is 15.9 Å². The molecule has 3 heteroatoms. The van der Waals surface area contributed by atoms with Crippen LogP contribution in [-0.2, 0) is 4.79 Å². The number of hydrogen-bond donors (Lipinski definition) is 0. The number of carbonyl (C=O) groups is 1. The highest BCUT2D eigenvalue weighted by molar-refractivity contribution is 9.10. The number of rotatable bonds is 2. The van der Waals surface area contributed by atoms with Crippen LogP contribution in [0.15, 0.2) is 0 Å². The van der Waals surface area contributed by atoms with Crippen molar-refractivity contribution in [1.29, 1.82) is 0 Å². The van der Waals surface area contributed by atoms with E-state index in [1.165, 1.54) is 25.7 Å². The summed E-state index contributed by atoms with van der Waals surface area (Å²) in [4.78, 5) is 13.8. The van der Waals surface area contributed by atoms with Gasteiger partial charge in [0.2, 0.25) is 5.91 Å². The SMILES string of the molecule is CC[C@H](Br)C(=O)N1CCCCCC1. The second-order valence-corrected chi connectivity index (χ2v) is 4.72. The Morgan fingerprint density at radius 2 is 1.85 bits per heavy atom. The molecule has 1 amide bonds. The summed E-state index contributed by atoms with van der Waals surface area (Å²) in [5.74, 6) is 0.282. The monoisotopic (exact) mass is 247 g/mol. The van der Waals surface area contributed by atoms with Gasteiger partial charge in [-0.05, 0) is 19.3 Å². The van der Waals surface area contributed by atoms with Gasteiger partial charge in [-0.25, -0.2) is 0 Å². The molecule has 1 fully saturated rings. The highest BCUT2D eigenvalue weighted by Crippen LogP contribution is 2.14. The Kier molecular flexibility index (Phi) is 4.78. The van der Waals surface area contributed by atoms with Gasteiger partial charge in [-0.3, -0.25) is 4.79 Å². The molecule has 0 radical (unpaired) electrons. The molecule has 0 aromatic rings. The van der Waals surface area contributed by atoms with Crippen LogP contribution >= 0.6 is 15.9 Å². The van der Waals surface area contributed by atoms with Gasteiger partial charge in [0.05, 0.1) is 4.83 Å². The van der Waals surface area contributed by atoms with Gasteiger partial charge in [-0.15, -0.1) is 0 Å². The summed E-state index contributed by atoms with van der Waals surface area (Å²) in [5, 5.41) is 0. The van der Waals surface area contributed by atoms with E-state index >= 15 is 0 Å². The summed E-state index contributed by atoms with van der Waals surface area (Å²) in [7, 11) is 0. The van der Waals surface area contributed by atoms with E-state index in [1.54, 1.807) is 0 Å². The van der Waals surface area contributed by atoms with Crippen LogP contribution in [-0.4, -0.2) is 28.7 Å². The predicted octanol–water partition coefficient (Wildman–Crippen LogP) is 2.56. The van der Waals surface area contributed by atoms with Crippen molar-refractivity contribution in [2.75, 3.05) is 13.1 Å². The fourth-order valence-electron chi connectivity index (χ4n) is 1.66. The number of nitrogens with zero attached hydrogens (tertiary/aromatic N) is 1. The van der Waals surface area contributed by atoms with E-state index in [9.17, 15) is 4.79 Å². The van der Waals surface area contributed by atoms with Crippen LogP contribution in [0, 0.1) is 0 Å². The van der Waals surface area contributed by atoms with Crippen LogP contribution < -0.4 is 0 Å². The smallest absolute Gasteiger partial charge is 0.236 e. The molecule has 1 atom stereocenters. The topological polar surface area (TPSA) is 20.3 Å². The first-order valence-corrected chi connectivity index (χ1v) is 6.10. The van der Waals surface area contributed by atoms with Crippen molar-refractivity contribution in [2.24, 2.45) is 0 Å².